The number of Topliss-reactive ketones (excluding diaryl/α,β-unsaturated/α-hetero) is 1. The molecule has 2 aromatic carbocycles. The second-order valence-electron chi connectivity index (χ2n) is 8.66. The SMILES string of the molecule is CCCC(=O)c1ccc(-c2ccc(CC[C@H]3CC[C@H](CCC)CC3)cc2)cc1. The van der Waals surface area contributed by atoms with Crippen molar-refractivity contribution in [1.82, 2.24) is 0 Å². The van der Waals surface area contributed by atoms with E-state index < -0.39 is 0 Å². The molecular weight excluding hydrogens is 340 g/mol. The van der Waals surface area contributed by atoms with Gasteiger partial charge in [-0.1, -0.05) is 101 Å². The van der Waals surface area contributed by atoms with E-state index in [0.29, 0.717) is 6.42 Å². The molecule has 1 fully saturated rings. The summed E-state index contributed by atoms with van der Waals surface area (Å²) < 4.78 is 0. The molecule has 1 heteroatoms. The van der Waals surface area contributed by atoms with Crippen LogP contribution in [0.4, 0.5) is 0 Å². The maximum absolute atomic E-state index is 12.0. The molecule has 0 amide bonds. The van der Waals surface area contributed by atoms with Crippen molar-refractivity contribution in [3.8, 4) is 11.1 Å². The van der Waals surface area contributed by atoms with Crippen LogP contribution in [0.1, 0.15) is 87.6 Å². The van der Waals surface area contributed by atoms with Crippen molar-refractivity contribution >= 4 is 5.78 Å². The third kappa shape index (κ3) is 5.80. The third-order valence-corrected chi connectivity index (χ3v) is 6.48. The molecule has 2 aromatic rings. The number of carbonyl (C=O) groups excluding carboxylic acids is 1. The zero-order valence-electron chi connectivity index (χ0n) is 17.8. The molecule has 0 heterocycles. The monoisotopic (exact) mass is 376 g/mol. The van der Waals surface area contributed by atoms with Gasteiger partial charge in [0.25, 0.3) is 0 Å². The van der Waals surface area contributed by atoms with Crippen molar-refractivity contribution in [1.29, 1.82) is 0 Å². The Labute approximate surface area is 171 Å². The topological polar surface area (TPSA) is 17.1 Å². The van der Waals surface area contributed by atoms with Crippen LogP contribution >= 0.6 is 0 Å². The van der Waals surface area contributed by atoms with Crippen molar-refractivity contribution in [3.63, 3.8) is 0 Å². The molecule has 0 unspecified atom stereocenters. The molecule has 0 saturated heterocycles. The predicted molar refractivity (Wildman–Crippen MR) is 120 cm³/mol. The molecule has 0 atom stereocenters. The first-order valence-electron chi connectivity index (χ1n) is 11.4. The summed E-state index contributed by atoms with van der Waals surface area (Å²) in [5.74, 6) is 2.18. The number of carbonyl (C=O) groups is 1. The van der Waals surface area contributed by atoms with E-state index in [1.54, 1.807) is 0 Å². The number of rotatable bonds is 9. The van der Waals surface area contributed by atoms with Crippen molar-refractivity contribution in [3.05, 3.63) is 59.7 Å². The van der Waals surface area contributed by atoms with Gasteiger partial charge >= 0.3 is 0 Å². The average Bonchev–Trinajstić information content (AvgIpc) is 2.74. The van der Waals surface area contributed by atoms with Crippen LogP contribution in [0.3, 0.4) is 0 Å². The second-order valence-corrected chi connectivity index (χ2v) is 8.66. The number of hydrogen-bond donors (Lipinski definition) is 0. The lowest BCUT2D eigenvalue weighted by Crippen LogP contribution is -2.15. The van der Waals surface area contributed by atoms with E-state index in [9.17, 15) is 4.79 Å². The summed E-state index contributed by atoms with van der Waals surface area (Å²) in [6.07, 6.45) is 12.6. The number of ketones is 1. The van der Waals surface area contributed by atoms with Crippen LogP contribution in [0.25, 0.3) is 11.1 Å². The van der Waals surface area contributed by atoms with Gasteiger partial charge in [-0.15, -0.1) is 0 Å². The zero-order chi connectivity index (χ0) is 19.8. The number of benzene rings is 2. The van der Waals surface area contributed by atoms with E-state index in [0.717, 1.165) is 23.8 Å². The largest absolute Gasteiger partial charge is 0.294 e. The van der Waals surface area contributed by atoms with Gasteiger partial charge in [0.1, 0.15) is 0 Å². The lowest BCUT2D eigenvalue weighted by atomic mass is 9.78. The molecular formula is C27H36O. The van der Waals surface area contributed by atoms with Gasteiger partial charge in [-0.25, -0.2) is 0 Å². The summed E-state index contributed by atoms with van der Waals surface area (Å²) in [6, 6.07) is 17.1. The molecule has 0 bridgehead atoms. The van der Waals surface area contributed by atoms with Gasteiger partial charge in [0.15, 0.2) is 5.78 Å². The molecule has 0 aromatic heterocycles. The molecule has 28 heavy (non-hydrogen) atoms. The Kier molecular flexibility index (Phi) is 7.89. The Morgan fingerprint density at radius 1 is 0.750 bits per heavy atom. The van der Waals surface area contributed by atoms with E-state index in [2.05, 4.69) is 43.3 Å². The highest BCUT2D eigenvalue weighted by Crippen LogP contribution is 2.34. The van der Waals surface area contributed by atoms with Gasteiger partial charge in [-0.05, 0) is 47.8 Å². The first-order chi connectivity index (χ1) is 13.7. The lowest BCUT2D eigenvalue weighted by molar-refractivity contribution is 0.0982. The van der Waals surface area contributed by atoms with Crippen molar-refractivity contribution in [2.75, 3.05) is 0 Å². The Balaban J connectivity index is 1.50. The molecule has 0 aliphatic heterocycles. The molecule has 1 aliphatic carbocycles. The van der Waals surface area contributed by atoms with Crippen LogP contribution in [0.2, 0.25) is 0 Å². The quantitative estimate of drug-likeness (QED) is 0.407. The van der Waals surface area contributed by atoms with Gasteiger partial charge in [0.05, 0.1) is 0 Å². The molecule has 3 rings (SSSR count). The van der Waals surface area contributed by atoms with Gasteiger partial charge in [0, 0.05) is 12.0 Å². The van der Waals surface area contributed by atoms with E-state index in [4.69, 9.17) is 0 Å². The number of aryl methyl sites for hydroxylation is 1. The Hall–Kier alpha value is -1.89. The number of hydrogen-bond acceptors (Lipinski definition) is 1. The molecule has 1 nitrogen and oxygen atoms in total. The van der Waals surface area contributed by atoms with E-state index in [1.165, 1.54) is 68.1 Å². The van der Waals surface area contributed by atoms with Crippen molar-refractivity contribution in [2.45, 2.75) is 78.1 Å². The molecule has 0 N–H and O–H groups in total. The van der Waals surface area contributed by atoms with Crippen molar-refractivity contribution < 1.29 is 4.79 Å². The van der Waals surface area contributed by atoms with Gasteiger partial charge in [-0.3, -0.25) is 4.79 Å². The smallest absolute Gasteiger partial charge is 0.162 e. The Morgan fingerprint density at radius 2 is 1.29 bits per heavy atom. The summed E-state index contributed by atoms with van der Waals surface area (Å²) in [4.78, 5) is 12.0. The van der Waals surface area contributed by atoms with Crippen molar-refractivity contribution in [2.24, 2.45) is 11.8 Å². The second kappa shape index (κ2) is 10.6. The molecule has 150 valence electrons. The zero-order valence-corrected chi connectivity index (χ0v) is 17.8. The highest BCUT2D eigenvalue weighted by Gasteiger charge is 2.20. The van der Waals surface area contributed by atoms with Crippen LogP contribution in [0.5, 0.6) is 0 Å². The third-order valence-electron chi connectivity index (χ3n) is 6.48. The first kappa shape index (κ1) is 20.8. The maximum Gasteiger partial charge on any atom is 0.162 e. The highest BCUT2D eigenvalue weighted by molar-refractivity contribution is 5.96. The van der Waals surface area contributed by atoms with Gasteiger partial charge in [-0.2, -0.15) is 0 Å². The molecule has 0 spiro atoms. The van der Waals surface area contributed by atoms with Crippen LogP contribution < -0.4 is 0 Å². The van der Waals surface area contributed by atoms with Crippen LogP contribution in [-0.2, 0) is 6.42 Å². The first-order valence-corrected chi connectivity index (χ1v) is 11.4. The summed E-state index contributed by atoms with van der Waals surface area (Å²) >= 11 is 0. The minimum Gasteiger partial charge on any atom is -0.294 e. The standard InChI is InChI=1S/C27H36O/c1-3-5-21-7-9-22(10-8-21)11-12-23-13-15-24(16-14-23)25-17-19-26(20-18-25)27(28)6-4-2/h13-22H,3-12H2,1-2H3/t21-,22-. The minimum absolute atomic E-state index is 0.244. The van der Waals surface area contributed by atoms with Gasteiger partial charge < -0.3 is 0 Å². The summed E-state index contributed by atoms with van der Waals surface area (Å²) in [5, 5.41) is 0. The maximum atomic E-state index is 12.0. The van der Waals surface area contributed by atoms with Crippen LogP contribution in [-0.4, -0.2) is 5.78 Å². The summed E-state index contributed by atoms with van der Waals surface area (Å²) in [7, 11) is 0. The van der Waals surface area contributed by atoms with Crippen LogP contribution in [0, 0.1) is 11.8 Å². The average molecular weight is 377 g/mol. The van der Waals surface area contributed by atoms with E-state index in [1.807, 2.05) is 19.1 Å². The summed E-state index contributed by atoms with van der Waals surface area (Å²) in [6.45, 7) is 4.36. The molecule has 1 saturated carbocycles. The Bertz CT molecular complexity index is 718. The fourth-order valence-corrected chi connectivity index (χ4v) is 4.67. The summed E-state index contributed by atoms with van der Waals surface area (Å²) in [5.41, 5.74) is 4.71. The van der Waals surface area contributed by atoms with Crippen LogP contribution in [0.15, 0.2) is 48.5 Å². The molecule has 0 radical (unpaired) electrons. The highest BCUT2D eigenvalue weighted by atomic mass is 16.1. The normalized spacial score (nSPS) is 19.5. The fraction of sp³-hybridized carbons (Fsp3) is 0.519. The van der Waals surface area contributed by atoms with Gasteiger partial charge in [0.2, 0.25) is 0 Å². The Morgan fingerprint density at radius 3 is 1.82 bits per heavy atom. The molecule has 1 aliphatic rings. The van der Waals surface area contributed by atoms with E-state index in [-0.39, 0.29) is 5.78 Å². The lowest BCUT2D eigenvalue weighted by Gasteiger charge is -2.28. The van der Waals surface area contributed by atoms with E-state index >= 15 is 0 Å². The minimum atomic E-state index is 0.244. The fourth-order valence-electron chi connectivity index (χ4n) is 4.67. The predicted octanol–water partition coefficient (Wildman–Crippen LogP) is 7.88.